The molecule has 0 aliphatic rings. The van der Waals surface area contributed by atoms with E-state index in [2.05, 4.69) is 21.1 Å². The van der Waals surface area contributed by atoms with Gasteiger partial charge >= 0.3 is 0 Å². The Bertz CT molecular complexity index is 661. The molecule has 0 saturated carbocycles. The zero-order valence-electron chi connectivity index (χ0n) is 11.2. The third-order valence-corrected chi connectivity index (χ3v) is 3.75. The summed E-state index contributed by atoms with van der Waals surface area (Å²) in [5.41, 5.74) is 1.57. The van der Waals surface area contributed by atoms with E-state index < -0.39 is 0 Å². The maximum absolute atomic E-state index is 8.59. The van der Waals surface area contributed by atoms with E-state index in [4.69, 9.17) is 26.3 Å². The number of ether oxygens (including phenoxy) is 2. The normalized spacial score (nSPS) is 10.8. The van der Waals surface area contributed by atoms with E-state index in [9.17, 15) is 0 Å². The molecule has 0 fully saturated rings. The topological polar surface area (TPSA) is 51.0 Å². The summed E-state index contributed by atoms with van der Waals surface area (Å²) in [6.45, 7) is 0.321. The molecule has 2 aromatic rings. The van der Waals surface area contributed by atoms with Crippen LogP contribution in [0.4, 0.5) is 0 Å². The minimum Gasteiger partial charge on any atom is -0.493 e. The van der Waals surface area contributed by atoms with Gasteiger partial charge < -0.3 is 14.7 Å². The van der Waals surface area contributed by atoms with Crippen molar-refractivity contribution in [3.05, 3.63) is 57.0 Å². The number of halogens is 2. The summed E-state index contributed by atoms with van der Waals surface area (Å²) in [7, 11) is 1.55. The number of hydrogen-bond acceptors (Lipinski definition) is 4. The van der Waals surface area contributed by atoms with Crippen LogP contribution in [0.3, 0.4) is 0 Å². The van der Waals surface area contributed by atoms with Gasteiger partial charge in [-0.15, -0.1) is 0 Å². The Kier molecular flexibility index (Phi) is 5.47. The summed E-state index contributed by atoms with van der Waals surface area (Å²) >= 11 is 9.52. The van der Waals surface area contributed by atoms with Gasteiger partial charge in [0.05, 0.1) is 17.8 Å². The van der Waals surface area contributed by atoms with Gasteiger partial charge in [0.15, 0.2) is 11.5 Å². The molecule has 2 aromatic carbocycles. The molecule has 4 nitrogen and oxygen atoms in total. The van der Waals surface area contributed by atoms with Crippen molar-refractivity contribution < 1.29 is 14.7 Å². The predicted molar refractivity (Wildman–Crippen MR) is 85.9 cm³/mol. The summed E-state index contributed by atoms with van der Waals surface area (Å²) in [6.07, 6.45) is 1.31. The van der Waals surface area contributed by atoms with Crippen molar-refractivity contribution in [1.82, 2.24) is 0 Å². The van der Waals surface area contributed by atoms with Crippen LogP contribution in [0.25, 0.3) is 0 Å². The van der Waals surface area contributed by atoms with Gasteiger partial charge in [0.25, 0.3) is 0 Å². The Hall–Kier alpha value is -1.72. The molecule has 0 spiro atoms. The minimum absolute atomic E-state index is 0.321. The van der Waals surface area contributed by atoms with Crippen LogP contribution >= 0.6 is 27.5 Å². The van der Waals surface area contributed by atoms with E-state index in [-0.39, 0.29) is 0 Å². The fourth-order valence-electron chi connectivity index (χ4n) is 1.79. The summed E-state index contributed by atoms with van der Waals surface area (Å²) in [5, 5.41) is 12.2. The van der Waals surface area contributed by atoms with E-state index in [0.29, 0.717) is 33.2 Å². The molecule has 0 amide bonds. The number of rotatable bonds is 5. The van der Waals surface area contributed by atoms with Crippen LogP contribution in [0.1, 0.15) is 11.1 Å². The maximum Gasteiger partial charge on any atom is 0.175 e. The molecule has 0 radical (unpaired) electrons. The zero-order valence-corrected chi connectivity index (χ0v) is 13.6. The number of benzene rings is 2. The van der Waals surface area contributed by atoms with Crippen LogP contribution in [-0.2, 0) is 6.61 Å². The summed E-state index contributed by atoms with van der Waals surface area (Å²) in [5.74, 6) is 1.10. The smallest absolute Gasteiger partial charge is 0.175 e. The Morgan fingerprint density at radius 1 is 1.33 bits per heavy atom. The van der Waals surface area contributed by atoms with Crippen LogP contribution < -0.4 is 9.47 Å². The molecular formula is C15H13BrClNO3. The highest BCUT2D eigenvalue weighted by Gasteiger charge is 2.12. The highest BCUT2D eigenvalue weighted by Crippen LogP contribution is 2.37. The van der Waals surface area contributed by atoms with Crippen LogP contribution in [0.15, 0.2) is 46.0 Å². The standard InChI is InChI=1S/C15H13BrClNO3/c1-20-14-7-10(8-18-19)6-12(16)15(14)21-9-11-4-2-3-5-13(11)17/h2-8,19H,9H2,1H3/b18-8+. The highest BCUT2D eigenvalue weighted by atomic mass is 79.9. The lowest BCUT2D eigenvalue weighted by atomic mass is 10.2. The lowest BCUT2D eigenvalue weighted by Crippen LogP contribution is -2.00. The fourth-order valence-corrected chi connectivity index (χ4v) is 2.55. The lowest BCUT2D eigenvalue weighted by molar-refractivity contribution is 0.282. The molecule has 2 rings (SSSR count). The van der Waals surface area contributed by atoms with Crippen molar-refractivity contribution in [3.63, 3.8) is 0 Å². The monoisotopic (exact) mass is 369 g/mol. The van der Waals surface area contributed by atoms with Crippen LogP contribution in [0.5, 0.6) is 11.5 Å². The maximum atomic E-state index is 8.59. The average Bonchev–Trinajstić information content (AvgIpc) is 2.47. The fraction of sp³-hybridized carbons (Fsp3) is 0.133. The Balaban J connectivity index is 2.25. The predicted octanol–water partition coefficient (Wildman–Crippen LogP) is 4.50. The van der Waals surface area contributed by atoms with Gasteiger partial charge in [0.1, 0.15) is 6.61 Å². The second kappa shape index (κ2) is 7.33. The van der Waals surface area contributed by atoms with Gasteiger partial charge in [-0.05, 0) is 34.1 Å². The molecule has 0 bridgehead atoms. The lowest BCUT2D eigenvalue weighted by Gasteiger charge is -2.14. The molecule has 0 aliphatic heterocycles. The van der Waals surface area contributed by atoms with Crippen molar-refractivity contribution >= 4 is 33.7 Å². The number of oxime groups is 1. The average molecular weight is 371 g/mol. The van der Waals surface area contributed by atoms with Gasteiger partial charge in [-0.3, -0.25) is 0 Å². The van der Waals surface area contributed by atoms with Crippen LogP contribution in [-0.4, -0.2) is 18.5 Å². The van der Waals surface area contributed by atoms with Crippen molar-refractivity contribution in [2.45, 2.75) is 6.61 Å². The molecule has 21 heavy (non-hydrogen) atoms. The van der Waals surface area contributed by atoms with Gasteiger partial charge in [0.2, 0.25) is 0 Å². The molecule has 110 valence electrons. The molecule has 0 aromatic heterocycles. The van der Waals surface area contributed by atoms with Crippen molar-refractivity contribution in [2.75, 3.05) is 7.11 Å². The van der Waals surface area contributed by atoms with Crippen molar-refractivity contribution in [2.24, 2.45) is 5.16 Å². The van der Waals surface area contributed by atoms with Crippen molar-refractivity contribution in [1.29, 1.82) is 0 Å². The van der Waals surface area contributed by atoms with Gasteiger partial charge in [-0.1, -0.05) is 35.0 Å². The molecule has 0 unspecified atom stereocenters. The SMILES string of the molecule is COc1cc(/C=N/O)cc(Br)c1OCc1ccccc1Cl. The van der Waals surface area contributed by atoms with Crippen LogP contribution in [0, 0.1) is 0 Å². The Labute approximate surface area is 136 Å². The molecule has 0 heterocycles. The Morgan fingerprint density at radius 3 is 2.76 bits per heavy atom. The van der Waals surface area contributed by atoms with E-state index in [1.165, 1.54) is 6.21 Å². The quantitative estimate of drug-likeness (QED) is 0.479. The second-order valence-electron chi connectivity index (χ2n) is 4.16. The highest BCUT2D eigenvalue weighted by molar-refractivity contribution is 9.10. The molecular weight excluding hydrogens is 358 g/mol. The first-order valence-electron chi connectivity index (χ1n) is 6.07. The van der Waals surface area contributed by atoms with E-state index in [0.717, 1.165) is 5.56 Å². The van der Waals surface area contributed by atoms with Gasteiger partial charge in [0, 0.05) is 16.1 Å². The number of methoxy groups -OCH3 is 1. The third-order valence-electron chi connectivity index (χ3n) is 2.79. The first-order valence-corrected chi connectivity index (χ1v) is 7.24. The summed E-state index contributed by atoms with van der Waals surface area (Å²) < 4.78 is 11.8. The first kappa shape index (κ1) is 15.7. The largest absolute Gasteiger partial charge is 0.493 e. The zero-order chi connectivity index (χ0) is 15.2. The summed E-state index contributed by atoms with van der Waals surface area (Å²) in [6, 6.07) is 11.0. The third kappa shape index (κ3) is 3.89. The Morgan fingerprint density at radius 2 is 2.10 bits per heavy atom. The van der Waals surface area contributed by atoms with E-state index in [1.807, 2.05) is 24.3 Å². The number of hydrogen-bond donors (Lipinski definition) is 1. The molecule has 0 aliphatic carbocycles. The van der Waals surface area contributed by atoms with E-state index >= 15 is 0 Å². The minimum atomic E-state index is 0.321. The molecule has 0 atom stereocenters. The molecule has 0 saturated heterocycles. The second-order valence-corrected chi connectivity index (χ2v) is 5.42. The van der Waals surface area contributed by atoms with Crippen LogP contribution in [0.2, 0.25) is 5.02 Å². The molecule has 6 heteroatoms. The summed E-state index contributed by atoms with van der Waals surface area (Å²) in [4.78, 5) is 0. The number of nitrogens with zero attached hydrogens (tertiary/aromatic N) is 1. The molecule has 1 N–H and O–H groups in total. The first-order chi connectivity index (χ1) is 10.2. The van der Waals surface area contributed by atoms with Gasteiger partial charge in [-0.2, -0.15) is 0 Å². The van der Waals surface area contributed by atoms with E-state index in [1.54, 1.807) is 19.2 Å². The van der Waals surface area contributed by atoms with Gasteiger partial charge in [-0.25, -0.2) is 0 Å². The van der Waals surface area contributed by atoms with Crippen molar-refractivity contribution in [3.8, 4) is 11.5 Å².